The van der Waals surface area contributed by atoms with Gasteiger partial charge >= 0.3 is 6.18 Å². The fraction of sp³-hybridized carbons (Fsp3) is 0.857. The number of nitrogens with one attached hydrogen (secondary N) is 1. The zero-order chi connectivity index (χ0) is 17.9. The van der Waals surface area contributed by atoms with Crippen molar-refractivity contribution in [2.75, 3.05) is 19.6 Å². The predicted octanol–water partition coefficient (Wildman–Crippen LogP) is 1.01. The number of aryl methyl sites for hydroxylation is 1. The number of amides is 1. The minimum Gasteiger partial charge on any atom is -0.350 e. The lowest BCUT2D eigenvalue weighted by Crippen LogP contribution is -2.43. The van der Waals surface area contributed by atoms with Gasteiger partial charge in [0.1, 0.15) is 12.4 Å². The molecule has 10 heteroatoms. The maximum absolute atomic E-state index is 12.4. The van der Waals surface area contributed by atoms with Gasteiger partial charge in [-0.05, 0) is 29.2 Å². The van der Waals surface area contributed by atoms with Crippen molar-refractivity contribution in [1.29, 1.82) is 0 Å². The van der Waals surface area contributed by atoms with Crippen LogP contribution in [0.5, 0.6) is 0 Å². The van der Waals surface area contributed by atoms with Gasteiger partial charge in [0, 0.05) is 25.7 Å². The van der Waals surface area contributed by atoms with Gasteiger partial charge in [0.15, 0.2) is 0 Å². The summed E-state index contributed by atoms with van der Waals surface area (Å²) in [5, 5.41) is 13.8. The quantitative estimate of drug-likeness (QED) is 0.830. The Morgan fingerprint density at radius 2 is 2.08 bits per heavy atom. The van der Waals surface area contributed by atoms with Gasteiger partial charge in [-0.2, -0.15) is 13.2 Å². The summed E-state index contributed by atoms with van der Waals surface area (Å²) in [6, 6.07) is -0.164. The summed E-state index contributed by atoms with van der Waals surface area (Å²) >= 11 is 0. The second-order valence-corrected chi connectivity index (χ2v) is 6.59. The number of carbonyl (C=O) groups is 1. The fourth-order valence-corrected chi connectivity index (χ4v) is 2.99. The molecular weight excluding hydrogens is 325 g/mol. The zero-order valence-electron chi connectivity index (χ0n) is 14.0. The van der Waals surface area contributed by atoms with E-state index in [-0.39, 0.29) is 36.9 Å². The second-order valence-electron chi connectivity index (χ2n) is 6.59. The number of carbonyl (C=O) groups excluding carboxylic acids is 1. The molecule has 24 heavy (non-hydrogen) atoms. The van der Waals surface area contributed by atoms with E-state index in [2.05, 4.69) is 20.8 Å². The summed E-state index contributed by atoms with van der Waals surface area (Å²) in [6.45, 7) is 6.68. The highest BCUT2D eigenvalue weighted by Crippen LogP contribution is 2.27. The van der Waals surface area contributed by atoms with Crippen LogP contribution < -0.4 is 5.32 Å². The summed E-state index contributed by atoms with van der Waals surface area (Å²) in [4.78, 5) is 14.0. The molecule has 1 aromatic heterocycles. The highest BCUT2D eigenvalue weighted by atomic mass is 19.4. The molecule has 1 saturated heterocycles. The van der Waals surface area contributed by atoms with Crippen LogP contribution in [0.3, 0.4) is 0 Å². The molecule has 0 aromatic carbocycles. The molecule has 0 bridgehead atoms. The van der Waals surface area contributed by atoms with Crippen molar-refractivity contribution in [2.45, 2.75) is 46.0 Å². The Labute approximate surface area is 138 Å². The van der Waals surface area contributed by atoms with Crippen LogP contribution in [0.4, 0.5) is 13.2 Å². The standard InChI is InChI=1S/C14H23F3N6O/c1-9(2)11-6-22(5-4-14(15,16)17)7-12(11)18-13(24)8-23-10(3)19-20-21-23/h9,11-12H,4-8H2,1-3H3,(H,18,24)/t11-,12+/m1/s1. The molecule has 1 aliphatic heterocycles. The molecule has 1 amide bonds. The van der Waals surface area contributed by atoms with E-state index in [9.17, 15) is 18.0 Å². The van der Waals surface area contributed by atoms with Crippen LogP contribution in [0.15, 0.2) is 0 Å². The van der Waals surface area contributed by atoms with Crippen LogP contribution in [0.2, 0.25) is 0 Å². The van der Waals surface area contributed by atoms with Gasteiger partial charge in [0.25, 0.3) is 0 Å². The number of tetrazole rings is 1. The molecule has 1 N–H and O–H groups in total. The van der Waals surface area contributed by atoms with Crippen LogP contribution in [0, 0.1) is 18.8 Å². The molecule has 0 spiro atoms. The monoisotopic (exact) mass is 348 g/mol. The van der Waals surface area contributed by atoms with Crippen LogP contribution in [-0.4, -0.2) is 62.9 Å². The number of likely N-dealkylation sites (tertiary alicyclic amines) is 1. The minimum absolute atomic E-state index is 0.00268. The topological polar surface area (TPSA) is 75.9 Å². The second kappa shape index (κ2) is 7.45. The molecule has 0 saturated carbocycles. The molecule has 2 atom stereocenters. The molecule has 1 fully saturated rings. The average Bonchev–Trinajstić information content (AvgIpc) is 3.03. The maximum Gasteiger partial charge on any atom is 0.390 e. The number of hydrogen-bond acceptors (Lipinski definition) is 5. The van der Waals surface area contributed by atoms with E-state index < -0.39 is 12.6 Å². The molecule has 136 valence electrons. The van der Waals surface area contributed by atoms with Crippen LogP contribution in [0.1, 0.15) is 26.1 Å². The molecule has 0 unspecified atom stereocenters. The van der Waals surface area contributed by atoms with E-state index in [0.29, 0.717) is 18.9 Å². The van der Waals surface area contributed by atoms with E-state index in [4.69, 9.17) is 0 Å². The van der Waals surface area contributed by atoms with Crippen molar-refractivity contribution in [3.63, 3.8) is 0 Å². The smallest absolute Gasteiger partial charge is 0.350 e. The largest absolute Gasteiger partial charge is 0.390 e. The molecule has 0 aliphatic carbocycles. The first-order valence-corrected chi connectivity index (χ1v) is 7.97. The van der Waals surface area contributed by atoms with Crippen LogP contribution in [-0.2, 0) is 11.3 Å². The van der Waals surface area contributed by atoms with E-state index >= 15 is 0 Å². The first-order chi connectivity index (χ1) is 11.2. The van der Waals surface area contributed by atoms with Crippen molar-refractivity contribution in [2.24, 2.45) is 11.8 Å². The van der Waals surface area contributed by atoms with Crippen molar-refractivity contribution in [3.05, 3.63) is 5.82 Å². The average molecular weight is 348 g/mol. The third kappa shape index (κ3) is 5.15. The number of rotatable bonds is 6. The minimum atomic E-state index is -4.16. The molecular formula is C14H23F3N6O. The number of aromatic nitrogens is 4. The lowest BCUT2D eigenvalue weighted by Gasteiger charge is -2.23. The summed E-state index contributed by atoms with van der Waals surface area (Å²) in [6.07, 6.45) is -4.99. The van der Waals surface area contributed by atoms with Crippen LogP contribution in [0.25, 0.3) is 0 Å². The van der Waals surface area contributed by atoms with E-state index in [1.807, 2.05) is 13.8 Å². The Balaban J connectivity index is 1.91. The lowest BCUT2D eigenvalue weighted by molar-refractivity contribution is -0.137. The maximum atomic E-state index is 12.4. The molecule has 2 heterocycles. The summed E-state index contributed by atoms with van der Waals surface area (Å²) in [5.41, 5.74) is 0. The van der Waals surface area contributed by atoms with Gasteiger partial charge in [-0.1, -0.05) is 13.8 Å². The molecule has 2 rings (SSSR count). The summed E-state index contributed by atoms with van der Waals surface area (Å²) in [5.74, 6) is 0.681. The third-order valence-electron chi connectivity index (χ3n) is 4.36. The molecule has 1 aromatic rings. The molecule has 0 radical (unpaired) electrons. The Morgan fingerprint density at radius 1 is 1.38 bits per heavy atom. The van der Waals surface area contributed by atoms with Gasteiger partial charge in [0.05, 0.1) is 6.42 Å². The van der Waals surface area contributed by atoms with Crippen LogP contribution >= 0.6 is 0 Å². The van der Waals surface area contributed by atoms with Gasteiger partial charge in [-0.15, -0.1) is 5.10 Å². The highest BCUT2D eigenvalue weighted by Gasteiger charge is 2.37. The molecule has 1 aliphatic rings. The van der Waals surface area contributed by atoms with Crippen molar-refractivity contribution in [1.82, 2.24) is 30.4 Å². The van der Waals surface area contributed by atoms with E-state index in [1.165, 1.54) is 4.68 Å². The SMILES string of the molecule is Cc1nnnn1CC(=O)N[C@H]1CN(CCC(F)(F)F)C[C@@H]1C(C)C. The van der Waals surface area contributed by atoms with E-state index in [1.54, 1.807) is 11.8 Å². The van der Waals surface area contributed by atoms with Crippen molar-refractivity contribution >= 4 is 5.91 Å². The Kier molecular flexibility index (Phi) is 5.79. The Bertz CT molecular complexity index is 559. The normalized spacial score (nSPS) is 22.3. The first-order valence-electron chi connectivity index (χ1n) is 7.97. The lowest BCUT2D eigenvalue weighted by atomic mass is 9.91. The number of alkyl halides is 3. The van der Waals surface area contributed by atoms with Gasteiger partial charge in [0.2, 0.25) is 5.91 Å². The predicted molar refractivity (Wildman–Crippen MR) is 79.9 cm³/mol. The highest BCUT2D eigenvalue weighted by molar-refractivity contribution is 5.76. The number of hydrogen-bond donors (Lipinski definition) is 1. The summed E-state index contributed by atoms with van der Waals surface area (Å²) < 4.78 is 38.6. The Hall–Kier alpha value is -1.71. The van der Waals surface area contributed by atoms with Gasteiger partial charge in [-0.3, -0.25) is 4.79 Å². The van der Waals surface area contributed by atoms with Gasteiger partial charge in [-0.25, -0.2) is 4.68 Å². The van der Waals surface area contributed by atoms with E-state index in [0.717, 1.165) is 0 Å². The molecule has 7 nitrogen and oxygen atoms in total. The van der Waals surface area contributed by atoms with Crippen molar-refractivity contribution in [3.8, 4) is 0 Å². The van der Waals surface area contributed by atoms with Crippen molar-refractivity contribution < 1.29 is 18.0 Å². The summed E-state index contributed by atoms with van der Waals surface area (Å²) in [7, 11) is 0. The van der Waals surface area contributed by atoms with Gasteiger partial charge < -0.3 is 10.2 Å². The Morgan fingerprint density at radius 3 is 2.62 bits per heavy atom. The zero-order valence-corrected chi connectivity index (χ0v) is 14.0. The number of halogens is 3. The first kappa shape index (κ1) is 18.6. The third-order valence-corrected chi connectivity index (χ3v) is 4.36. The fourth-order valence-electron chi connectivity index (χ4n) is 2.99. The number of nitrogens with zero attached hydrogens (tertiary/aromatic N) is 5.